The quantitative estimate of drug-likeness (QED) is 0.268. The van der Waals surface area contributed by atoms with Gasteiger partial charge in [-0.15, -0.1) is 0 Å². The Morgan fingerprint density at radius 2 is 1.79 bits per heavy atom. The van der Waals surface area contributed by atoms with Crippen molar-refractivity contribution in [1.29, 1.82) is 0 Å². The summed E-state index contributed by atoms with van der Waals surface area (Å²) in [6, 6.07) is 0. The fourth-order valence-electron chi connectivity index (χ4n) is 1.72. The topological polar surface area (TPSA) is 96.4 Å². The molecule has 0 saturated heterocycles. The minimum atomic E-state index is -3.82. The van der Waals surface area contributed by atoms with Gasteiger partial charge < -0.3 is 15.3 Å². The van der Waals surface area contributed by atoms with Crippen LogP contribution in [0.2, 0.25) is 0 Å². The van der Waals surface area contributed by atoms with Crippen molar-refractivity contribution in [2.75, 3.05) is 46.0 Å². The van der Waals surface area contributed by atoms with Gasteiger partial charge >= 0.3 is 0 Å². The number of hydrogen-bond acceptors (Lipinski definition) is 4. The molecule has 0 fully saturated rings. The van der Waals surface area contributed by atoms with E-state index in [1.807, 2.05) is 6.92 Å². The Morgan fingerprint density at radius 1 is 1.26 bits per heavy atom. The molecule has 0 bridgehead atoms. The highest BCUT2D eigenvalue weighted by atomic mass is 32.2. The van der Waals surface area contributed by atoms with Crippen molar-refractivity contribution in [2.45, 2.75) is 19.8 Å². The molecule has 19 heavy (non-hydrogen) atoms. The smallest absolute Gasteiger partial charge is 0.265 e. The molecule has 0 saturated carbocycles. The molecular formula is C12H28N2O4S. The van der Waals surface area contributed by atoms with Crippen molar-refractivity contribution in [2.24, 2.45) is 0 Å². The van der Waals surface area contributed by atoms with Crippen LogP contribution in [0.5, 0.6) is 0 Å². The molecule has 0 unspecified atom stereocenters. The molecule has 0 amide bonds. The number of hydrogen-bond donors (Lipinski definition) is 2. The summed E-state index contributed by atoms with van der Waals surface area (Å²) in [7, 11) is 0.327. The van der Waals surface area contributed by atoms with Gasteiger partial charge in [-0.05, 0) is 6.92 Å². The average molecular weight is 296 g/mol. The van der Waals surface area contributed by atoms with Crippen LogP contribution in [-0.4, -0.2) is 69.0 Å². The molecule has 116 valence electrons. The molecule has 0 aromatic heterocycles. The Bertz CT molecular complexity index is 353. The molecule has 0 aliphatic rings. The van der Waals surface area contributed by atoms with Gasteiger partial charge in [0.25, 0.3) is 10.1 Å². The lowest BCUT2D eigenvalue weighted by atomic mass is 10.3. The second-order valence-corrected chi connectivity index (χ2v) is 7.08. The van der Waals surface area contributed by atoms with Gasteiger partial charge in [0.1, 0.15) is 0 Å². The van der Waals surface area contributed by atoms with Crippen molar-refractivity contribution >= 4 is 10.1 Å². The van der Waals surface area contributed by atoms with Gasteiger partial charge in [0.2, 0.25) is 0 Å². The molecule has 0 aliphatic heterocycles. The van der Waals surface area contributed by atoms with Crippen molar-refractivity contribution in [3.63, 3.8) is 0 Å². The Balaban J connectivity index is 0. The zero-order valence-electron chi connectivity index (χ0n) is 12.2. The zero-order valence-corrected chi connectivity index (χ0v) is 13.0. The molecule has 7 heteroatoms. The summed E-state index contributed by atoms with van der Waals surface area (Å²) in [4.78, 5) is 0. The fourth-order valence-corrected chi connectivity index (χ4v) is 2.21. The van der Waals surface area contributed by atoms with Crippen LogP contribution in [0, 0.1) is 0 Å². The van der Waals surface area contributed by atoms with Gasteiger partial charge in [0, 0.05) is 25.9 Å². The number of quaternary nitrogens is 1. The molecule has 3 N–H and O–H groups in total. The Hall–Kier alpha value is -0.470. The van der Waals surface area contributed by atoms with Crippen LogP contribution >= 0.6 is 0 Å². The minimum absolute atomic E-state index is 0. The molecule has 0 aromatic rings. The molecule has 6 nitrogen and oxygen atoms in total. The maximum atomic E-state index is 10.6. The molecule has 0 heterocycles. The summed E-state index contributed by atoms with van der Waals surface area (Å²) in [5.74, 6) is -0.150. The minimum Gasteiger partial charge on any atom is -0.870 e. The van der Waals surface area contributed by atoms with E-state index < -0.39 is 10.1 Å². The van der Waals surface area contributed by atoms with E-state index >= 15 is 0 Å². The van der Waals surface area contributed by atoms with Gasteiger partial charge in [-0.2, -0.15) is 8.42 Å². The highest BCUT2D eigenvalue weighted by Gasteiger charge is 2.15. The Morgan fingerprint density at radius 3 is 2.26 bits per heavy atom. The van der Waals surface area contributed by atoms with Crippen LogP contribution in [-0.2, 0) is 10.1 Å². The van der Waals surface area contributed by atoms with Crippen LogP contribution < -0.4 is 5.32 Å². The van der Waals surface area contributed by atoms with Crippen molar-refractivity contribution in [3.05, 3.63) is 12.2 Å². The molecular weight excluding hydrogens is 268 g/mol. The largest absolute Gasteiger partial charge is 0.870 e. The number of nitrogens with zero attached hydrogens (tertiary/aromatic N) is 1. The normalized spacial score (nSPS) is 12.0. The summed E-state index contributed by atoms with van der Waals surface area (Å²) in [5, 5.41) is 3.29. The van der Waals surface area contributed by atoms with Crippen LogP contribution in [0.15, 0.2) is 12.2 Å². The molecule has 0 spiro atoms. The van der Waals surface area contributed by atoms with E-state index in [2.05, 4.69) is 26.0 Å². The van der Waals surface area contributed by atoms with E-state index in [0.717, 1.165) is 42.7 Å². The third-order valence-electron chi connectivity index (χ3n) is 2.71. The molecule has 0 radical (unpaired) electrons. The third-order valence-corrected chi connectivity index (χ3v) is 3.51. The van der Waals surface area contributed by atoms with Crippen LogP contribution in [0.4, 0.5) is 0 Å². The van der Waals surface area contributed by atoms with Crippen LogP contribution in [0.3, 0.4) is 0 Å². The lowest BCUT2D eigenvalue weighted by Gasteiger charge is -2.29. The van der Waals surface area contributed by atoms with E-state index in [1.54, 1.807) is 0 Å². The first kappa shape index (κ1) is 20.8. The first-order valence-electron chi connectivity index (χ1n) is 6.25. The van der Waals surface area contributed by atoms with E-state index in [1.165, 1.54) is 0 Å². The van der Waals surface area contributed by atoms with Gasteiger partial charge in [-0.25, -0.2) is 0 Å². The van der Waals surface area contributed by atoms with Crippen molar-refractivity contribution < 1.29 is 22.9 Å². The number of nitrogens with one attached hydrogen (secondary N) is 1. The SMILES string of the molecule is C=C(C)CNCCC[N+](C)(C)CCCS(=O)(=O)O.[OH-]. The maximum absolute atomic E-state index is 10.6. The van der Waals surface area contributed by atoms with E-state index in [4.69, 9.17) is 4.55 Å². The maximum Gasteiger partial charge on any atom is 0.265 e. The lowest BCUT2D eigenvalue weighted by Crippen LogP contribution is -2.42. The van der Waals surface area contributed by atoms with E-state index in [9.17, 15) is 8.42 Å². The van der Waals surface area contributed by atoms with Crippen LogP contribution in [0.25, 0.3) is 0 Å². The fraction of sp³-hybridized carbons (Fsp3) is 0.833. The molecule has 0 aliphatic carbocycles. The zero-order chi connectivity index (χ0) is 14.2. The molecule has 0 atom stereocenters. The summed E-state index contributed by atoms with van der Waals surface area (Å²) >= 11 is 0. The third kappa shape index (κ3) is 15.5. The predicted molar refractivity (Wildman–Crippen MR) is 77.1 cm³/mol. The number of rotatable bonds is 10. The van der Waals surface area contributed by atoms with E-state index in [0.29, 0.717) is 6.42 Å². The predicted octanol–water partition coefficient (Wildman–Crippen LogP) is 0.720. The van der Waals surface area contributed by atoms with Gasteiger partial charge in [-0.3, -0.25) is 4.55 Å². The van der Waals surface area contributed by atoms with E-state index in [-0.39, 0.29) is 11.2 Å². The summed E-state index contributed by atoms with van der Waals surface area (Å²) in [5.41, 5.74) is 1.12. The highest BCUT2D eigenvalue weighted by molar-refractivity contribution is 7.85. The van der Waals surface area contributed by atoms with Gasteiger partial charge in [0.05, 0.1) is 32.9 Å². The summed E-state index contributed by atoms with van der Waals surface area (Å²) < 4.78 is 30.6. The molecule has 0 rings (SSSR count). The summed E-state index contributed by atoms with van der Waals surface area (Å²) in [6.45, 7) is 9.32. The first-order chi connectivity index (χ1) is 8.12. The van der Waals surface area contributed by atoms with Crippen LogP contribution in [0.1, 0.15) is 19.8 Å². The summed E-state index contributed by atoms with van der Waals surface area (Å²) in [6.07, 6.45) is 1.52. The molecule has 0 aromatic carbocycles. The highest BCUT2D eigenvalue weighted by Crippen LogP contribution is 2.02. The van der Waals surface area contributed by atoms with Crippen molar-refractivity contribution in [3.8, 4) is 0 Å². The van der Waals surface area contributed by atoms with Gasteiger partial charge in [0.15, 0.2) is 0 Å². The second kappa shape index (κ2) is 9.44. The Kier molecular flexibility index (Phi) is 10.4. The Labute approximate surface area is 117 Å². The monoisotopic (exact) mass is 296 g/mol. The second-order valence-electron chi connectivity index (χ2n) is 5.51. The standard InChI is InChI=1S/C12H26N2O3S.H2O/c1-12(2)11-13-7-5-8-14(3,4)9-6-10-18(15,16)17;/h13H,1,5-11H2,2-4H3;1H2. The van der Waals surface area contributed by atoms with Crippen molar-refractivity contribution in [1.82, 2.24) is 5.32 Å². The average Bonchev–Trinajstić information content (AvgIpc) is 2.13. The first-order valence-corrected chi connectivity index (χ1v) is 7.85. The lowest BCUT2D eigenvalue weighted by molar-refractivity contribution is -0.890. The van der Waals surface area contributed by atoms with Gasteiger partial charge in [-0.1, -0.05) is 12.2 Å².